The highest BCUT2D eigenvalue weighted by Gasteiger charge is 2.23. The minimum absolute atomic E-state index is 0.833. The standard InChI is InChI=1S/C52H30O3/c1-3-14-31(15-4-1)49-42-30-46-41(29-47(42)55-52(49)32-16-5-2-6-17-32)40-28-33(26-27-44(40)54-46)48-34-18-7-9-20-36(34)50(37-21-10-8-19-35(37)48)39-23-13-25-45-51(39)38-22-11-12-24-43(38)53-45/h1-30H. The van der Waals surface area contributed by atoms with Crippen LogP contribution in [0.25, 0.3) is 121 Å². The van der Waals surface area contributed by atoms with Crippen molar-refractivity contribution < 1.29 is 13.3 Å². The van der Waals surface area contributed by atoms with Crippen LogP contribution in [-0.4, -0.2) is 0 Å². The Morgan fingerprint density at radius 3 is 1.51 bits per heavy atom. The topological polar surface area (TPSA) is 39.4 Å². The molecule has 12 rings (SSSR count). The highest BCUT2D eigenvalue weighted by molar-refractivity contribution is 6.26. The second-order valence-electron chi connectivity index (χ2n) is 14.3. The SMILES string of the molecule is c1ccc(-c2oc3cc4c(cc3c2-c2ccccc2)oc2ccc(-c3c5ccccc5c(-c5cccc6oc7ccccc7c56)c5ccccc35)cc24)cc1. The fourth-order valence-corrected chi connectivity index (χ4v) is 8.92. The predicted octanol–water partition coefficient (Wildman–Crippen LogP) is 15.2. The average Bonchev–Trinajstić information content (AvgIpc) is 3.93. The quantitative estimate of drug-likeness (QED) is 0.171. The molecule has 256 valence electrons. The molecule has 3 heterocycles. The van der Waals surface area contributed by atoms with Crippen LogP contribution in [0.4, 0.5) is 0 Å². The van der Waals surface area contributed by atoms with Crippen LogP contribution in [0.15, 0.2) is 195 Å². The average molecular weight is 703 g/mol. The van der Waals surface area contributed by atoms with Crippen molar-refractivity contribution >= 4 is 76.4 Å². The van der Waals surface area contributed by atoms with E-state index in [-0.39, 0.29) is 0 Å². The van der Waals surface area contributed by atoms with Crippen molar-refractivity contribution in [1.29, 1.82) is 0 Å². The molecule has 55 heavy (non-hydrogen) atoms. The molecule has 9 aromatic carbocycles. The van der Waals surface area contributed by atoms with Crippen LogP contribution in [0, 0.1) is 0 Å². The Hall–Kier alpha value is -7.36. The molecule has 0 aliphatic rings. The molecule has 0 saturated carbocycles. The summed E-state index contributed by atoms with van der Waals surface area (Å²) in [6.07, 6.45) is 0. The van der Waals surface area contributed by atoms with Crippen molar-refractivity contribution in [2.24, 2.45) is 0 Å². The zero-order valence-corrected chi connectivity index (χ0v) is 29.5. The monoisotopic (exact) mass is 702 g/mol. The van der Waals surface area contributed by atoms with Gasteiger partial charge in [0.05, 0.1) is 0 Å². The van der Waals surface area contributed by atoms with Gasteiger partial charge in [0.2, 0.25) is 0 Å². The lowest BCUT2D eigenvalue weighted by molar-refractivity contribution is 0.632. The number of benzene rings is 9. The van der Waals surface area contributed by atoms with Gasteiger partial charge in [0.25, 0.3) is 0 Å². The van der Waals surface area contributed by atoms with E-state index in [0.29, 0.717) is 0 Å². The maximum atomic E-state index is 6.75. The van der Waals surface area contributed by atoms with E-state index in [4.69, 9.17) is 13.3 Å². The molecule has 12 aromatic rings. The summed E-state index contributed by atoms with van der Waals surface area (Å²) in [4.78, 5) is 0. The largest absolute Gasteiger partial charge is 0.456 e. The van der Waals surface area contributed by atoms with Crippen LogP contribution < -0.4 is 0 Å². The molecule has 0 amide bonds. The number of fused-ring (bicyclic) bond motifs is 9. The number of rotatable bonds is 4. The van der Waals surface area contributed by atoms with E-state index in [0.717, 1.165) is 82.9 Å². The normalized spacial score (nSPS) is 12.0. The van der Waals surface area contributed by atoms with Gasteiger partial charge in [-0.2, -0.15) is 0 Å². The summed E-state index contributed by atoms with van der Waals surface area (Å²) >= 11 is 0. The van der Waals surface area contributed by atoms with Gasteiger partial charge < -0.3 is 13.3 Å². The second-order valence-corrected chi connectivity index (χ2v) is 14.3. The van der Waals surface area contributed by atoms with Crippen molar-refractivity contribution in [3.63, 3.8) is 0 Å². The molecule has 0 bridgehead atoms. The van der Waals surface area contributed by atoms with Gasteiger partial charge in [0.1, 0.15) is 33.7 Å². The highest BCUT2D eigenvalue weighted by Crippen LogP contribution is 2.48. The van der Waals surface area contributed by atoms with E-state index in [1.165, 1.54) is 38.2 Å². The number of furan rings is 3. The molecule has 0 spiro atoms. The van der Waals surface area contributed by atoms with Gasteiger partial charge in [-0.15, -0.1) is 0 Å². The van der Waals surface area contributed by atoms with Crippen LogP contribution in [0.3, 0.4) is 0 Å². The summed E-state index contributed by atoms with van der Waals surface area (Å²) in [7, 11) is 0. The molecule has 0 radical (unpaired) electrons. The highest BCUT2D eigenvalue weighted by atomic mass is 16.3. The Morgan fingerprint density at radius 1 is 0.255 bits per heavy atom. The van der Waals surface area contributed by atoms with Crippen molar-refractivity contribution in [3.8, 4) is 44.7 Å². The van der Waals surface area contributed by atoms with Gasteiger partial charge in [0, 0.05) is 38.1 Å². The van der Waals surface area contributed by atoms with Crippen molar-refractivity contribution in [3.05, 3.63) is 182 Å². The van der Waals surface area contributed by atoms with Gasteiger partial charge in [0.15, 0.2) is 0 Å². The summed E-state index contributed by atoms with van der Waals surface area (Å²) in [5, 5.41) is 10.2. The molecule has 0 aliphatic heterocycles. The Labute approximate surface area is 315 Å². The molecule has 0 atom stereocenters. The van der Waals surface area contributed by atoms with Crippen LogP contribution in [0.2, 0.25) is 0 Å². The predicted molar refractivity (Wildman–Crippen MR) is 228 cm³/mol. The van der Waals surface area contributed by atoms with Gasteiger partial charge in [-0.3, -0.25) is 0 Å². The van der Waals surface area contributed by atoms with Crippen LogP contribution >= 0.6 is 0 Å². The first kappa shape index (κ1) is 30.1. The lowest BCUT2D eigenvalue weighted by Gasteiger charge is -2.18. The maximum Gasteiger partial charge on any atom is 0.143 e. The molecule has 0 aliphatic carbocycles. The molecular weight excluding hydrogens is 673 g/mol. The third-order valence-electron chi connectivity index (χ3n) is 11.3. The van der Waals surface area contributed by atoms with Crippen LogP contribution in [0.5, 0.6) is 0 Å². The van der Waals surface area contributed by atoms with Crippen molar-refractivity contribution in [2.45, 2.75) is 0 Å². The van der Waals surface area contributed by atoms with E-state index in [1.807, 2.05) is 18.2 Å². The molecule has 0 saturated heterocycles. The Kier molecular flexibility index (Phi) is 6.34. The summed E-state index contributed by atoms with van der Waals surface area (Å²) in [6, 6.07) is 64.1. The Morgan fingerprint density at radius 2 is 0.782 bits per heavy atom. The van der Waals surface area contributed by atoms with Gasteiger partial charge >= 0.3 is 0 Å². The Bertz CT molecular complexity index is 3420. The maximum absolute atomic E-state index is 6.75. The van der Waals surface area contributed by atoms with Crippen molar-refractivity contribution in [1.82, 2.24) is 0 Å². The zero-order valence-electron chi connectivity index (χ0n) is 29.5. The second kappa shape index (κ2) is 11.6. The molecule has 0 fully saturated rings. The van der Waals surface area contributed by atoms with Gasteiger partial charge in [-0.1, -0.05) is 146 Å². The van der Waals surface area contributed by atoms with Gasteiger partial charge in [-0.05, 0) is 85.8 Å². The molecule has 3 aromatic heterocycles. The first-order valence-corrected chi connectivity index (χ1v) is 18.7. The number of hydrogen-bond donors (Lipinski definition) is 0. The fourth-order valence-electron chi connectivity index (χ4n) is 8.92. The van der Waals surface area contributed by atoms with E-state index in [2.05, 4.69) is 164 Å². The summed E-state index contributed by atoms with van der Waals surface area (Å²) in [5.41, 5.74) is 12.3. The third kappa shape index (κ3) is 4.44. The summed E-state index contributed by atoms with van der Waals surface area (Å²) in [5.74, 6) is 0.858. The van der Waals surface area contributed by atoms with E-state index in [1.54, 1.807) is 0 Å². The van der Waals surface area contributed by atoms with Crippen molar-refractivity contribution in [2.75, 3.05) is 0 Å². The molecule has 3 nitrogen and oxygen atoms in total. The van der Waals surface area contributed by atoms with E-state index in [9.17, 15) is 0 Å². The zero-order chi connectivity index (χ0) is 36.0. The Balaban J connectivity index is 1.11. The van der Waals surface area contributed by atoms with E-state index >= 15 is 0 Å². The minimum Gasteiger partial charge on any atom is -0.456 e. The first-order valence-electron chi connectivity index (χ1n) is 18.7. The summed E-state index contributed by atoms with van der Waals surface area (Å²) in [6.45, 7) is 0. The van der Waals surface area contributed by atoms with Crippen LogP contribution in [-0.2, 0) is 0 Å². The number of para-hydroxylation sites is 1. The fraction of sp³-hybridized carbons (Fsp3) is 0. The van der Waals surface area contributed by atoms with Gasteiger partial charge in [-0.25, -0.2) is 0 Å². The van der Waals surface area contributed by atoms with E-state index < -0.39 is 0 Å². The first-order chi connectivity index (χ1) is 27.3. The molecular formula is C52H30O3. The number of hydrogen-bond acceptors (Lipinski definition) is 3. The third-order valence-corrected chi connectivity index (χ3v) is 11.3. The lowest BCUT2D eigenvalue weighted by Crippen LogP contribution is -1.91. The molecule has 0 N–H and O–H groups in total. The minimum atomic E-state index is 0.833. The smallest absolute Gasteiger partial charge is 0.143 e. The lowest BCUT2D eigenvalue weighted by atomic mass is 9.84. The molecule has 3 heteroatoms. The molecule has 0 unspecified atom stereocenters. The summed E-state index contributed by atoms with van der Waals surface area (Å²) < 4.78 is 19.7. The van der Waals surface area contributed by atoms with Crippen LogP contribution in [0.1, 0.15) is 0 Å².